The first kappa shape index (κ1) is 21.4. The van der Waals surface area contributed by atoms with Gasteiger partial charge in [-0.2, -0.15) is 10.5 Å². The highest BCUT2D eigenvalue weighted by Crippen LogP contribution is 2.32. The molecule has 4 nitrogen and oxygen atoms in total. The molecular weight excluding hydrogens is 368 g/mol. The van der Waals surface area contributed by atoms with E-state index in [9.17, 15) is 4.79 Å². The topological polar surface area (TPSA) is 55.6 Å². The summed E-state index contributed by atoms with van der Waals surface area (Å²) < 4.78 is 6.08. The quantitative estimate of drug-likeness (QED) is 0.665. The Kier molecular flexibility index (Phi) is 7.58. The van der Waals surface area contributed by atoms with Crippen molar-refractivity contribution in [2.45, 2.75) is 62.8 Å². The van der Waals surface area contributed by atoms with Crippen molar-refractivity contribution in [2.24, 2.45) is 17.6 Å². The lowest BCUT2D eigenvalue weighted by molar-refractivity contribution is -0.136. The Morgan fingerprint density at radius 2 is 2.00 bits per heavy atom. The third-order valence-electron chi connectivity index (χ3n) is 6.45. The van der Waals surface area contributed by atoms with Crippen molar-refractivity contribution in [3.8, 4) is 5.75 Å². The van der Waals surface area contributed by atoms with Crippen LogP contribution >= 0.6 is 10.5 Å². The zero-order valence-corrected chi connectivity index (χ0v) is 18.3. The van der Waals surface area contributed by atoms with Crippen LogP contribution in [0.2, 0.25) is 0 Å². The summed E-state index contributed by atoms with van der Waals surface area (Å²) in [5.41, 5.74) is 7.64. The summed E-state index contributed by atoms with van der Waals surface area (Å²) in [6.45, 7) is 0.754. The van der Waals surface area contributed by atoms with E-state index in [1.807, 2.05) is 18.0 Å². The van der Waals surface area contributed by atoms with E-state index in [1.54, 1.807) is 0 Å². The van der Waals surface area contributed by atoms with Gasteiger partial charge >= 0.3 is 0 Å². The second-order valence-electron chi connectivity index (χ2n) is 8.72. The Hall–Kier alpha value is -1.33. The monoisotopic (exact) mass is 404 g/mol. The molecule has 1 aromatic rings. The fourth-order valence-corrected chi connectivity index (χ4v) is 5.08. The Labute approximate surface area is 172 Å². The van der Waals surface area contributed by atoms with Gasteiger partial charge in [0.2, 0.25) is 5.91 Å². The molecular formula is C23H36N2O2S. The van der Waals surface area contributed by atoms with Gasteiger partial charge in [-0.15, -0.1) is 0 Å². The van der Waals surface area contributed by atoms with Crippen molar-refractivity contribution < 1.29 is 9.53 Å². The van der Waals surface area contributed by atoms with Crippen LogP contribution in [0.4, 0.5) is 0 Å². The van der Waals surface area contributed by atoms with Crippen molar-refractivity contribution >= 4 is 22.3 Å². The van der Waals surface area contributed by atoms with Crippen molar-refractivity contribution in [1.29, 1.82) is 0 Å². The van der Waals surface area contributed by atoms with E-state index in [1.165, 1.54) is 12.0 Å². The molecule has 5 heteroatoms. The number of ether oxygens (including phenoxy) is 1. The molecule has 0 saturated heterocycles. The van der Waals surface area contributed by atoms with Crippen LogP contribution in [0.1, 0.15) is 50.5 Å². The predicted molar refractivity (Wildman–Crippen MR) is 120 cm³/mol. The van der Waals surface area contributed by atoms with Crippen LogP contribution in [0.15, 0.2) is 24.3 Å². The molecule has 3 rings (SSSR count). The lowest BCUT2D eigenvalue weighted by Gasteiger charge is -2.38. The van der Waals surface area contributed by atoms with Crippen molar-refractivity contribution in [3.63, 3.8) is 0 Å². The summed E-state index contributed by atoms with van der Waals surface area (Å²) in [6, 6.07) is 8.48. The molecule has 0 radical (unpaired) electrons. The molecule has 2 fully saturated rings. The zero-order valence-electron chi connectivity index (χ0n) is 17.4. The summed E-state index contributed by atoms with van der Waals surface area (Å²) in [7, 11) is 2.08. The molecule has 0 bridgehead atoms. The number of hydrogen-bond acceptors (Lipinski definition) is 3. The molecule has 0 aromatic heterocycles. The first-order chi connectivity index (χ1) is 13.4. The standard InChI is InChI=1S/C23H36N2O2S/c1-25(20-7-5-8-20)23(26)22(24)19-12-10-17(11-13-19)15-27-21-9-4-6-18(14-21)16-28(2)3/h4,6,9,14,17,19-20,22H,2,5,7-8,10-13,15-16,24H2,1,3H3/t17?,19?,22-,28?/m0/s1. The zero-order chi connectivity index (χ0) is 20.1. The minimum Gasteiger partial charge on any atom is -0.493 e. The average Bonchev–Trinajstić information content (AvgIpc) is 2.64. The molecule has 1 unspecified atom stereocenters. The van der Waals surface area contributed by atoms with E-state index >= 15 is 0 Å². The number of nitrogens with zero attached hydrogens (tertiary/aromatic N) is 1. The van der Waals surface area contributed by atoms with Gasteiger partial charge in [-0.3, -0.25) is 4.79 Å². The Morgan fingerprint density at radius 1 is 1.29 bits per heavy atom. The summed E-state index contributed by atoms with van der Waals surface area (Å²) >= 11 is 0. The van der Waals surface area contributed by atoms with Crippen LogP contribution in [0.5, 0.6) is 5.75 Å². The first-order valence-electron chi connectivity index (χ1n) is 10.6. The fourth-order valence-electron chi connectivity index (χ4n) is 4.33. The SMILES string of the molecule is C=S(C)Cc1cccc(OCC2CCC([C@H](N)C(=O)N(C)C3CCC3)CC2)c1. The second kappa shape index (κ2) is 9.93. The minimum absolute atomic E-state index is 0.140. The number of nitrogens with two attached hydrogens (primary N) is 1. The largest absolute Gasteiger partial charge is 0.493 e. The van der Waals surface area contributed by atoms with E-state index in [0.717, 1.165) is 56.6 Å². The molecule has 0 aliphatic heterocycles. The minimum atomic E-state index is -0.338. The maximum absolute atomic E-state index is 12.6. The van der Waals surface area contributed by atoms with Gasteiger partial charge in [-0.25, -0.2) is 0 Å². The molecule has 2 saturated carbocycles. The van der Waals surface area contributed by atoms with Crippen molar-refractivity contribution in [1.82, 2.24) is 4.90 Å². The van der Waals surface area contributed by atoms with Crippen molar-refractivity contribution in [3.05, 3.63) is 29.8 Å². The Balaban J connectivity index is 1.42. The molecule has 1 aromatic carbocycles. The maximum Gasteiger partial charge on any atom is 0.239 e. The van der Waals surface area contributed by atoms with E-state index in [-0.39, 0.29) is 22.4 Å². The average molecular weight is 405 g/mol. The number of carbonyl (C=O) groups excluding carboxylic acids is 1. The number of benzene rings is 1. The van der Waals surface area contributed by atoms with Crippen LogP contribution in [-0.4, -0.2) is 48.7 Å². The summed E-state index contributed by atoms with van der Waals surface area (Å²) in [5, 5.41) is 0. The normalized spacial score (nSPS) is 24.8. The van der Waals surface area contributed by atoms with Crippen LogP contribution in [-0.2, 0) is 10.5 Å². The molecule has 0 heterocycles. The second-order valence-corrected chi connectivity index (χ2v) is 10.6. The van der Waals surface area contributed by atoms with E-state index < -0.39 is 0 Å². The summed E-state index contributed by atoms with van der Waals surface area (Å²) in [4.78, 5) is 14.6. The summed E-state index contributed by atoms with van der Waals surface area (Å²) in [6.07, 6.45) is 9.90. The molecule has 2 aliphatic carbocycles. The Morgan fingerprint density at radius 3 is 2.61 bits per heavy atom. The van der Waals surface area contributed by atoms with Crippen LogP contribution in [0.25, 0.3) is 0 Å². The van der Waals surface area contributed by atoms with E-state index in [0.29, 0.717) is 17.9 Å². The lowest BCUT2D eigenvalue weighted by Crippen LogP contribution is -2.52. The Bertz CT molecular complexity index is 681. The summed E-state index contributed by atoms with van der Waals surface area (Å²) in [5.74, 6) is 7.07. The van der Waals surface area contributed by atoms with Crippen LogP contribution in [0.3, 0.4) is 0 Å². The number of amides is 1. The number of rotatable bonds is 8. The molecule has 0 spiro atoms. The third kappa shape index (κ3) is 5.60. The lowest BCUT2D eigenvalue weighted by atomic mass is 9.78. The van der Waals surface area contributed by atoms with Gasteiger partial charge in [0.1, 0.15) is 5.75 Å². The number of likely N-dealkylation sites (N-methyl/N-ethyl adjacent to an activating group) is 1. The van der Waals surface area contributed by atoms with E-state index in [4.69, 9.17) is 10.5 Å². The number of hydrogen-bond donors (Lipinski definition) is 1. The van der Waals surface area contributed by atoms with Crippen molar-refractivity contribution in [2.75, 3.05) is 19.9 Å². The van der Waals surface area contributed by atoms with Crippen LogP contribution in [0, 0.1) is 11.8 Å². The highest BCUT2D eigenvalue weighted by atomic mass is 32.2. The predicted octanol–water partition coefficient (Wildman–Crippen LogP) is 4.04. The first-order valence-corrected chi connectivity index (χ1v) is 12.6. The molecule has 28 heavy (non-hydrogen) atoms. The van der Waals surface area contributed by atoms with Gasteiger partial charge < -0.3 is 15.4 Å². The maximum atomic E-state index is 12.6. The highest BCUT2D eigenvalue weighted by molar-refractivity contribution is 8.12. The molecule has 2 aliphatic rings. The third-order valence-corrected chi connectivity index (χ3v) is 7.28. The molecule has 2 N–H and O–H groups in total. The smallest absolute Gasteiger partial charge is 0.239 e. The fraction of sp³-hybridized carbons (Fsp3) is 0.652. The number of carbonyl (C=O) groups is 1. The van der Waals surface area contributed by atoms with Crippen LogP contribution < -0.4 is 10.5 Å². The van der Waals surface area contributed by atoms with Gasteiger partial charge in [0, 0.05) is 18.8 Å². The van der Waals surface area contributed by atoms with Gasteiger partial charge in [0.15, 0.2) is 0 Å². The molecule has 1 amide bonds. The molecule has 156 valence electrons. The van der Waals surface area contributed by atoms with Gasteiger partial charge in [-0.05, 0) is 80.7 Å². The highest BCUT2D eigenvalue weighted by Gasteiger charge is 2.34. The molecule has 2 atom stereocenters. The van der Waals surface area contributed by atoms with Gasteiger partial charge in [0.25, 0.3) is 0 Å². The van der Waals surface area contributed by atoms with Gasteiger partial charge in [-0.1, -0.05) is 18.0 Å². The van der Waals surface area contributed by atoms with Gasteiger partial charge in [0.05, 0.1) is 12.6 Å². The van der Waals surface area contributed by atoms with E-state index in [2.05, 4.69) is 30.3 Å².